The highest BCUT2D eigenvalue weighted by Gasteiger charge is 2.16. The molecule has 4 aromatic rings. The zero-order valence-corrected chi connectivity index (χ0v) is 16.1. The van der Waals surface area contributed by atoms with Crippen LogP contribution in [0.25, 0.3) is 22.2 Å². The second-order valence-corrected chi connectivity index (χ2v) is 6.72. The molecule has 0 fully saturated rings. The SMILES string of the molecule is COc1cc(-c2nnc(N)o2)cc(Br)c1OCc1cccc2ccccc12. The van der Waals surface area contributed by atoms with Crippen LogP contribution in [0.1, 0.15) is 5.56 Å². The molecular weight excluding hydrogens is 410 g/mol. The lowest BCUT2D eigenvalue weighted by Crippen LogP contribution is -2.00. The van der Waals surface area contributed by atoms with Gasteiger partial charge in [-0.15, -0.1) is 5.10 Å². The van der Waals surface area contributed by atoms with E-state index in [1.54, 1.807) is 13.2 Å². The number of nitrogens with two attached hydrogens (primary N) is 1. The minimum absolute atomic E-state index is 0.0105. The van der Waals surface area contributed by atoms with E-state index in [1.807, 2.05) is 24.3 Å². The second-order valence-electron chi connectivity index (χ2n) is 5.86. The first kappa shape index (κ1) is 17.4. The Balaban J connectivity index is 1.65. The number of nitrogens with zero attached hydrogens (tertiary/aromatic N) is 2. The second kappa shape index (κ2) is 7.28. The third-order valence-electron chi connectivity index (χ3n) is 4.17. The summed E-state index contributed by atoms with van der Waals surface area (Å²) in [5, 5.41) is 9.92. The smallest absolute Gasteiger partial charge is 0.313 e. The zero-order valence-electron chi connectivity index (χ0n) is 14.5. The minimum Gasteiger partial charge on any atom is -0.493 e. The predicted octanol–water partition coefficient (Wildman–Crippen LogP) is 4.82. The van der Waals surface area contributed by atoms with Gasteiger partial charge in [-0.25, -0.2) is 0 Å². The summed E-state index contributed by atoms with van der Waals surface area (Å²) < 4.78 is 17.6. The van der Waals surface area contributed by atoms with Crippen molar-refractivity contribution in [1.82, 2.24) is 10.2 Å². The van der Waals surface area contributed by atoms with Gasteiger partial charge in [0.15, 0.2) is 11.5 Å². The average Bonchev–Trinajstić information content (AvgIpc) is 3.13. The first-order valence-electron chi connectivity index (χ1n) is 8.22. The normalized spacial score (nSPS) is 10.9. The van der Waals surface area contributed by atoms with Crippen LogP contribution in [0.5, 0.6) is 11.5 Å². The summed E-state index contributed by atoms with van der Waals surface area (Å²) in [5.41, 5.74) is 7.28. The van der Waals surface area contributed by atoms with E-state index < -0.39 is 0 Å². The summed E-state index contributed by atoms with van der Waals surface area (Å²) in [6, 6.07) is 18.0. The van der Waals surface area contributed by atoms with Gasteiger partial charge >= 0.3 is 6.01 Å². The number of hydrogen-bond donors (Lipinski definition) is 1. The Labute approximate surface area is 164 Å². The van der Waals surface area contributed by atoms with Gasteiger partial charge in [0, 0.05) is 5.56 Å². The number of benzene rings is 3. The van der Waals surface area contributed by atoms with E-state index in [9.17, 15) is 0 Å². The number of rotatable bonds is 5. The Morgan fingerprint density at radius 3 is 2.67 bits per heavy atom. The molecule has 0 unspecified atom stereocenters. The highest BCUT2D eigenvalue weighted by Crippen LogP contribution is 2.40. The molecule has 0 atom stereocenters. The van der Waals surface area contributed by atoms with Crippen LogP contribution in [0.2, 0.25) is 0 Å². The molecule has 0 aliphatic rings. The molecule has 0 amide bonds. The van der Waals surface area contributed by atoms with Gasteiger partial charge in [0.2, 0.25) is 5.89 Å². The molecule has 1 aromatic heterocycles. The molecule has 0 bridgehead atoms. The maximum absolute atomic E-state index is 6.09. The highest BCUT2D eigenvalue weighted by atomic mass is 79.9. The van der Waals surface area contributed by atoms with Crippen LogP contribution in [0.15, 0.2) is 63.5 Å². The van der Waals surface area contributed by atoms with Crippen LogP contribution in [0.3, 0.4) is 0 Å². The molecule has 27 heavy (non-hydrogen) atoms. The number of anilines is 1. The third kappa shape index (κ3) is 3.46. The molecule has 0 radical (unpaired) electrons. The molecule has 4 rings (SSSR count). The topological polar surface area (TPSA) is 83.4 Å². The molecule has 3 aromatic carbocycles. The number of aromatic nitrogens is 2. The van der Waals surface area contributed by atoms with Crippen molar-refractivity contribution in [2.45, 2.75) is 6.61 Å². The lowest BCUT2D eigenvalue weighted by Gasteiger charge is -2.14. The number of fused-ring (bicyclic) bond motifs is 1. The van der Waals surface area contributed by atoms with E-state index in [-0.39, 0.29) is 6.01 Å². The first-order chi connectivity index (χ1) is 13.2. The van der Waals surface area contributed by atoms with Gasteiger partial charge in [-0.1, -0.05) is 47.6 Å². The summed E-state index contributed by atoms with van der Waals surface area (Å²) >= 11 is 3.54. The summed E-state index contributed by atoms with van der Waals surface area (Å²) in [6.07, 6.45) is 0. The third-order valence-corrected chi connectivity index (χ3v) is 4.76. The van der Waals surface area contributed by atoms with Gasteiger partial charge in [0.25, 0.3) is 0 Å². The molecule has 1 heterocycles. The van der Waals surface area contributed by atoms with Crippen LogP contribution in [0.4, 0.5) is 6.01 Å². The van der Waals surface area contributed by atoms with Gasteiger partial charge in [0.05, 0.1) is 11.6 Å². The first-order valence-corrected chi connectivity index (χ1v) is 9.01. The fourth-order valence-electron chi connectivity index (χ4n) is 2.90. The van der Waals surface area contributed by atoms with Gasteiger partial charge in [-0.2, -0.15) is 0 Å². The molecule has 0 aliphatic carbocycles. The zero-order chi connectivity index (χ0) is 18.8. The van der Waals surface area contributed by atoms with Crippen molar-refractivity contribution in [1.29, 1.82) is 0 Å². The number of halogens is 1. The minimum atomic E-state index is 0.0105. The fourth-order valence-corrected chi connectivity index (χ4v) is 3.46. The van der Waals surface area contributed by atoms with Crippen molar-refractivity contribution >= 4 is 32.7 Å². The molecule has 136 valence electrons. The van der Waals surface area contributed by atoms with E-state index in [1.165, 1.54) is 5.39 Å². The van der Waals surface area contributed by atoms with Crippen molar-refractivity contribution in [3.63, 3.8) is 0 Å². The Hall–Kier alpha value is -3.06. The maximum Gasteiger partial charge on any atom is 0.313 e. The van der Waals surface area contributed by atoms with Crippen molar-refractivity contribution in [3.8, 4) is 23.0 Å². The summed E-state index contributed by atoms with van der Waals surface area (Å²) in [7, 11) is 1.58. The van der Waals surface area contributed by atoms with Crippen LogP contribution >= 0.6 is 15.9 Å². The molecule has 0 saturated carbocycles. The standard InChI is InChI=1S/C20H16BrN3O3/c1-25-17-10-14(19-23-24-20(22)27-19)9-16(21)18(17)26-11-13-7-4-6-12-5-2-3-8-15(12)13/h2-10H,11H2,1H3,(H2,22,24). The summed E-state index contributed by atoms with van der Waals surface area (Å²) in [5.74, 6) is 1.46. The largest absolute Gasteiger partial charge is 0.493 e. The number of nitrogen functional groups attached to an aromatic ring is 1. The van der Waals surface area contributed by atoms with Crippen LogP contribution in [-0.4, -0.2) is 17.3 Å². The van der Waals surface area contributed by atoms with E-state index in [4.69, 9.17) is 19.6 Å². The van der Waals surface area contributed by atoms with Crippen LogP contribution in [-0.2, 0) is 6.61 Å². The number of hydrogen-bond acceptors (Lipinski definition) is 6. The van der Waals surface area contributed by atoms with Crippen LogP contribution < -0.4 is 15.2 Å². The molecule has 2 N–H and O–H groups in total. The molecule has 0 saturated heterocycles. The van der Waals surface area contributed by atoms with E-state index in [0.29, 0.717) is 34.0 Å². The van der Waals surface area contributed by atoms with Crippen molar-refractivity contribution in [2.24, 2.45) is 0 Å². The number of methoxy groups -OCH3 is 1. The van der Waals surface area contributed by atoms with E-state index in [0.717, 1.165) is 10.9 Å². The Kier molecular flexibility index (Phi) is 4.68. The Morgan fingerprint density at radius 2 is 1.89 bits per heavy atom. The molecular formula is C20H16BrN3O3. The quantitative estimate of drug-likeness (QED) is 0.493. The Morgan fingerprint density at radius 1 is 1.07 bits per heavy atom. The summed E-state index contributed by atoms with van der Waals surface area (Å²) in [4.78, 5) is 0. The van der Waals surface area contributed by atoms with Gasteiger partial charge in [-0.05, 0) is 44.4 Å². The predicted molar refractivity (Wildman–Crippen MR) is 107 cm³/mol. The lowest BCUT2D eigenvalue weighted by atomic mass is 10.1. The summed E-state index contributed by atoms with van der Waals surface area (Å²) in [6.45, 7) is 0.406. The van der Waals surface area contributed by atoms with Crippen LogP contribution in [0, 0.1) is 0 Å². The van der Waals surface area contributed by atoms with Gasteiger partial charge in [0.1, 0.15) is 6.61 Å². The fraction of sp³-hybridized carbons (Fsp3) is 0.100. The van der Waals surface area contributed by atoms with Crippen molar-refractivity contribution < 1.29 is 13.9 Å². The molecule has 0 spiro atoms. The maximum atomic E-state index is 6.09. The van der Waals surface area contributed by atoms with Gasteiger partial charge < -0.3 is 19.6 Å². The lowest BCUT2D eigenvalue weighted by molar-refractivity contribution is 0.284. The average molecular weight is 426 g/mol. The van der Waals surface area contributed by atoms with Crippen molar-refractivity contribution in [2.75, 3.05) is 12.8 Å². The van der Waals surface area contributed by atoms with E-state index >= 15 is 0 Å². The molecule has 0 aliphatic heterocycles. The van der Waals surface area contributed by atoms with Gasteiger partial charge in [-0.3, -0.25) is 0 Å². The monoisotopic (exact) mass is 425 g/mol. The Bertz CT molecular complexity index is 1110. The molecule has 7 heteroatoms. The molecule has 6 nitrogen and oxygen atoms in total. The highest BCUT2D eigenvalue weighted by molar-refractivity contribution is 9.10. The van der Waals surface area contributed by atoms with Crippen molar-refractivity contribution in [3.05, 3.63) is 64.6 Å². The number of ether oxygens (including phenoxy) is 2. The van der Waals surface area contributed by atoms with E-state index in [2.05, 4.69) is 50.4 Å².